The number of carbonyl (C=O) groups is 1. The summed E-state index contributed by atoms with van der Waals surface area (Å²) >= 11 is 1.46. The number of benzene rings is 1. The third kappa shape index (κ3) is 5.26. The lowest BCUT2D eigenvalue weighted by molar-refractivity contribution is -0.116. The number of nitrogens with zero attached hydrogens (tertiary/aromatic N) is 6. The van der Waals surface area contributed by atoms with Crippen molar-refractivity contribution in [3.8, 4) is 6.07 Å². The Morgan fingerprint density at radius 3 is 2.47 bits per heavy atom. The summed E-state index contributed by atoms with van der Waals surface area (Å²) in [5.74, 6) is 2.00. The quantitative estimate of drug-likeness (QED) is 0.549. The van der Waals surface area contributed by atoms with Crippen LogP contribution in [0, 0.1) is 31.1 Å². The van der Waals surface area contributed by atoms with Gasteiger partial charge in [0.15, 0.2) is 5.16 Å². The van der Waals surface area contributed by atoms with Crippen LogP contribution in [-0.2, 0) is 4.79 Å². The van der Waals surface area contributed by atoms with E-state index in [9.17, 15) is 4.79 Å². The van der Waals surface area contributed by atoms with Crippen LogP contribution in [0.15, 0.2) is 23.4 Å². The van der Waals surface area contributed by atoms with E-state index < -0.39 is 0 Å². The zero-order valence-electron chi connectivity index (χ0n) is 19.3. The molecule has 1 amide bonds. The highest BCUT2D eigenvalue weighted by Gasteiger charge is 2.33. The fourth-order valence-corrected chi connectivity index (χ4v) is 5.19. The van der Waals surface area contributed by atoms with Gasteiger partial charge in [-0.25, -0.2) is 0 Å². The van der Waals surface area contributed by atoms with Gasteiger partial charge >= 0.3 is 0 Å². The first kappa shape index (κ1) is 22.7. The van der Waals surface area contributed by atoms with Crippen molar-refractivity contribution in [1.29, 1.82) is 5.26 Å². The number of hydrogen-bond acceptors (Lipinski definition) is 6. The van der Waals surface area contributed by atoms with Gasteiger partial charge in [-0.3, -0.25) is 9.36 Å². The van der Waals surface area contributed by atoms with Crippen LogP contribution in [-0.4, -0.2) is 46.1 Å². The lowest BCUT2D eigenvalue weighted by Crippen LogP contribution is -2.35. The normalized spacial score (nSPS) is 16.8. The van der Waals surface area contributed by atoms with Crippen LogP contribution in [0.2, 0.25) is 0 Å². The zero-order chi connectivity index (χ0) is 22.7. The maximum atomic E-state index is 13.2. The Balaban J connectivity index is 1.49. The summed E-state index contributed by atoms with van der Waals surface area (Å²) in [6.45, 7) is 8.79. The number of amides is 1. The molecule has 170 valence electrons. The zero-order valence-corrected chi connectivity index (χ0v) is 20.1. The Morgan fingerprint density at radius 2 is 1.84 bits per heavy atom. The first-order chi connectivity index (χ1) is 15.5. The molecule has 0 radical (unpaired) electrons. The van der Waals surface area contributed by atoms with Crippen LogP contribution < -0.4 is 9.80 Å². The maximum absolute atomic E-state index is 13.2. The van der Waals surface area contributed by atoms with Gasteiger partial charge in [-0.15, -0.1) is 10.2 Å². The second kappa shape index (κ2) is 9.95. The first-order valence-electron chi connectivity index (χ1n) is 11.5. The number of aromatic nitrogens is 3. The number of hydrogen-bond donors (Lipinski definition) is 0. The molecule has 4 rings (SSSR count). The number of thioether (sulfide) groups is 1. The van der Waals surface area contributed by atoms with E-state index in [0.717, 1.165) is 59.8 Å². The molecule has 0 spiro atoms. The minimum absolute atomic E-state index is 0.00561. The summed E-state index contributed by atoms with van der Waals surface area (Å²) < 4.78 is 2.25. The largest absolute Gasteiger partial charge is 0.341 e. The van der Waals surface area contributed by atoms with Crippen molar-refractivity contribution in [2.75, 3.05) is 35.2 Å². The molecule has 0 N–H and O–H groups in total. The van der Waals surface area contributed by atoms with Crippen molar-refractivity contribution in [2.24, 2.45) is 5.92 Å². The molecule has 7 nitrogen and oxygen atoms in total. The van der Waals surface area contributed by atoms with Crippen molar-refractivity contribution >= 4 is 29.3 Å². The Labute approximate surface area is 194 Å². The van der Waals surface area contributed by atoms with Gasteiger partial charge in [-0.1, -0.05) is 24.8 Å². The van der Waals surface area contributed by atoms with E-state index in [1.807, 2.05) is 26.0 Å². The summed E-state index contributed by atoms with van der Waals surface area (Å²) in [7, 11) is 0. The Kier molecular flexibility index (Phi) is 7.04. The van der Waals surface area contributed by atoms with E-state index in [0.29, 0.717) is 19.0 Å². The summed E-state index contributed by atoms with van der Waals surface area (Å²) in [5.41, 5.74) is 3.07. The van der Waals surface area contributed by atoms with E-state index in [1.165, 1.54) is 24.6 Å². The minimum Gasteiger partial charge on any atom is -0.341 e. The number of rotatable bonds is 8. The van der Waals surface area contributed by atoms with Gasteiger partial charge in [-0.05, 0) is 68.7 Å². The van der Waals surface area contributed by atoms with E-state index in [1.54, 1.807) is 4.90 Å². The van der Waals surface area contributed by atoms with Crippen LogP contribution >= 0.6 is 11.8 Å². The average Bonchev–Trinajstić information content (AvgIpc) is 3.51. The Morgan fingerprint density at radius 1 is 1.16 bits per heavy atom. The molecule has 8 heteroatoms. The topological polar surface area (TPSA) is 78.0 Å². The molecule has 2 aromatic rings. The molecule has 2 aliphatic rings. The molecule has 1 saturated heterocycles. The van der Waals surface area contributed by atoms with E-state index in [4.69, 9.17) is 5.26 Å². The van der Waals surface area contributed by atoms with Crippen molar-refractivity contribution in [3.05, 3.63) is 29.3 Å². The summed E-state index contributed by atoms with van der Waals surface area (Å²) in [6.07, 6.45) is 4.96. The van der Waals surface area contributed by atoms with Gasteiger partial charge in [-0.2, -0.15) is 5.26 Å². The highest BCUT2D eigenvalue weighted by Crippen LogP contribution is 2.41. The third-order valence-electron chi connectivity index (χ3n) is 6.22. The molecule has 1 aliphatic heterocycles. The number of carbonyl (C=O) groups excluding carboxylic acids is 1. The summed E-state index contributed by atoms with van der Waals surface area (Å²) in [5, 5.41) is 18.9. The lowest BCUT2D eigenvalue weighted by atomic mass is 10.00. The highest BCUT2D eigenvalue weighted by atomic mass is 32.2. The van der Waals surface area contributed by atoms with Gasteiger partial charge in [0.2, 0.25) is 11.9 Å². The molecule has 2 fully saturated rings. The Bertz CT molecular complexity index is 980. The molecule has 0 bridgehead atoms. The lowest BCUT2D eigenvalue weighted by Gasteiger charge is -2.31. The van der Waals surface area contributed by atoms with Crippen molar-refractivity contribution in [1.82, 2.24) is 14.8 Å². The molecule has 0 unspecified atom stereocenters. The standard InChI is InChI=1S/C24H32N6OS/c1-17-7-11-28(12-8-17)23-26-27-24(30(23)20-5-6-20)32-16-22(31)29(10-4-9-25)21-14-18(2)13-19(3)15-21/h13-15,17,20H,4-8,10-12,16H2,1-3H3. The van der Waals surface area contributed by atoms with Gasteiger partial charge in [0.05, 0.1) is 18.2 Å². The predicted molar refractivity (Wildman–Crippen MR) is 128 cm³/mol. The summed E-state index contributed by atoms with van der Waals surface area (Å²) in [4.78, 5) is 17.3. The molecule has 2 heterocycles. The van der Waals surface area contributed by atoms with Crippen LogP contribution in [0.25, 0.3) is 0 Å². The smallest absolute Gasteiger partial charge is 0.237 e. The molecule has 1 saturated carbocycles. The van der Waals surface area contributed by atoms with Crippen molar-refractivity contribution in [2.45, 2.75) is 64.1 Å². The molecular formula is C24H32N6OS. The number of piperidine rings is 1. The van der Waals surface area contributed by atoms with E-state index in [-0.39, 0.29) is 11.7 Å². The second-order valence-corrected chi connectivity index (χ2v) is 10.1. The van der Waals surface area contributed by atoms with Crippen molar-refractivity contribution in [3.63, 3.8) is 0 Å². The fourth-order valence-electron chi connectivity index (χ4n) is 4.31. The molecule has 1 aliphatic carbocycles. The number of nitriles is 1. The van der Waals surface area contributed by atoms with Gasteiger partial charge in [0.1, 0.15) is 0 Å². The SMILES string of the molecule is Cc1cc(C)cc(N(CCC#N)C(=O)CSc2nnc(N3CCC(C)CC3)n2C2CC2)c1. The molecule has 1 aromatic carbocycles. The summed E-state index contributed by atoms with van der Waals surface area (Å²) in [6, 6.07) is 8.73. The molecule has 1 aromatic heterocycles. The van der Waals surface area contributed by atoms with E-state index >= 15 is 0 Å². The predicted octanol–water partition coefficient (Wildman–Crippen LogP) is 4.51. The molecular weight excluding hydrogens is 420 g/mol. The van der Waals surface area contributed by atoms with Gasteiger partial charge < -0.3 is 9.80 Å². The van der Waals surface area contributed by atoms with Gasteiger partial charge in [0, 0.05) is 31.4 Å². The number of aryl methyl sites for hydroxylation is 2. The average molecular weight is 453 g/mol. The Hall–Kier alpha value is -2.53. The second-order valence-electron chi connectivity index (χ2n) is 9.14. The first-order valence-corrected chi connectivity index (χ1v) is 12.5. The fraction of sp³-hybridized carbons (Fsp3) is 0.583. The van der Waals surface area contributed by atoms with Gasteiger partial charge in [0.25, 0.3) is 0 Å². The monoisotopic (exact) mass is 452 g/mol. The molecule has 0 atom stereocenters. The van der Waals surface area contributed by atoms with E-state index in [2.05, 4.69) is 38.7 Å². The van der Waals surface area contributed by atoms with Crippen LogP contribution in [0.4, 0.5) is 11.6 Å². The van der Waals surface area contributed by atoms with Crippen LogP contribution in [0.3, 0.4) is 0 Å². The van der Waals surface area contributed by atoms with Crippen LogP contribution in [0.1, 0.15) is 56.2 Å². The third-order valence-corrected chi connectivity index (χ3v) is 7.14. The highest BCUT2D eigenvalue weighted by molar-refractivity contribution is 7.99. The maximum Gasteiger partial charge on any atom is 0.237 e. The van der Waals surface area contributed by atoms with Crippen LogP contribution in [0.5, 0.6) is 0 Å². The molecule has 32 heavy (non-hydrogen) atoms. The van der Waals surface area contributed by atoms with Crippen molar-refractivity contribution < 1.29 is 4.79 Å². The number of anilines is 2. The minimum atomic E-state index is -0.00561.